The average Bonchev–Trinajstić information content (AvgIpc) is 2.11. The van der Waals surface area contributed by atoms with Crippen LogP contribution in [0.2, 0.25) is 0 Å². The van der Waals surface area contributed by atoms with Gasteiger partial charge in [-0.05, 0) is 19.4 Å². The minimum absolute atomic E-state index is 0.0169. The Morgan fingerprint density at radius 2 is 2.31 bits per heavy atom. The molecule has 0 spiro atoms. The molecule has 0 saturated carbocycles. The van der Waals surface area contributed by atoms with Crippen LogP contribution < -0.4 is 0 Å². The molecular weight excluding hydrogens is 170 g/mol. The predicted octanol–water partition coefficient (Wildman–Crippen LogP) is 0.872. The number of hydrogen-bond donors (Lipinski definition) is 0. The van der Waals surface area contributed by atoms with Crippen molar-refractivity contribution < 1.29 is 14.3 Å². The smallest absolute Gasteiger partial charge is 0.235 e. The van der Waals surface area contributed by atoms with E-state index in [0.29, 0.717) is 12.2 Å². The highest BCUT2D eigenvalue weighted by atomic mass is 16.5. The van der Waals surface area contributed by atoms with Crippen LogP contribution in [0.1, 0.15) is 13.8 Å². The minimum atomic E-state index is -0.691. The van der Waals surface area contributed by atoms with Crippen molar-refractivity contribution in [3.8, 4) is 0 Å². The molecule has 0 saturated heterocycles. The van der Waals surface area contributed by atoms with E-state index in [9.17, 15) is 9.59 Å². The first kappa shape index (κ1) is 11.8. The number of carbonyl (C=O) groups excluding carboxylic acids is 2. The third-order valence-corrected chi connectivity index (χ3v) is 1.40. The number of isocyanates is 1. The standard InChI is InChI=1S/C9H13NO3/c1-4-13-8(5-10-6-11)9(12)7(2)3/h8H,2,4-5H2,1,3H3. The van der Waals surface area contributed by atoms with Crippen LogP contribution in [0.15, 0.2) is 17.1 Å². The molecule has 0 bridgehead atoms. The second-order valence-electron chi connectivity index (χ2n) is 2.52. The second kappa shape index (κ2) is 6.29. The molecule has 4 heteroatoms. The van der Waals surface area contributed by atoms with Crippen molar-refractivity contribution in [1.29, 1.82) is 0 Å². The quantitative estimate of drug-likeness (QED) is 0.349. The fraction of sp³-hybridized carbons (Fsp3) is 0.556. The van der Waals surface area contributed by atoms with Crippen LogP contribution in [-0.4, -0.2) is 31.1 Å². The zero-order chi connectivity index (χ0) is 10.3. The molecule has 0 aromatic heterocycles. The van der Waals surface area contributed by atoms with Crippen molar-refractivity contribution in [1.82, 2.24) is 0 Å². The van der Waals surface area contributed by atoms with Gasteiger partial charge in [0.2, 0.25) is 6.08 Å². The zero-order valence-electron chi connectivity index (χ0n) is 7.87. The Kier molecular flexibility index (Phi) is 5.68. The molecule has 0 aliphatic heterocycles. The molecule has 1 atom stereocenters. The number of ketones is 1. The van der Waals surface area contributed by atoms with Gasteiger partial charge in [0, 0.05) is 6.61 Å². The highest BCUT2D eigenvalue weighted by Crippen LogP contribution is 2.02. The molecular formula is C9H13NO3. The molecule has 13 heavy (non-hydrogen) atoms. The average molecular weight is 183 g/mol. The van der Waals surface area contributed by atoms with Gasteiger partial charge in [0.05, 0.1) is 6.54 Å². The molecule has 0 fully saturated rings. The van der Waals surface area contributed by atoms with Gasteiger partial charge in [0.1, 0.15) is 6.10 Å². The highest BCUT2D eigenvalue weighted by molar-refractivity contribution is 5.97. The van der Waals surface area contributed by atoms with E-state index in [0.717, 1.165) is 0 Å². The maximum absolute atomic E-state index is 11.3. The van der Waals surface area contributed by atoms with Gasteiger partial charge in [-0.2, -0.15) is 0 Å². The highest BCUT2D eigenvalue weighted by Gasteiger charge is 2.18. The van der Waals surface area contributed by atoms with Gasteiger partial charge in [0.25, 0.3) is 0 Å². The van der Waals surface area contributed by atoms with Gasteiger partial charge < -0.3 is 4.74 Å². The first-order chi connectivity index (χ1) is 6.13. The SMILES string of the molecule is C=C(C)C(=O)C(CN=C=O)OCC. The van der Waals surface area contributed by atoms with Gasteiger partial charge in [-0.15, -0.1) is 0 Å². The lowest BCUT2D eigenvalue weighted by molar-refractivity contribution is -0.125. The van der Waals surface area contributed by atoms with E-state index in [4.69, 9.17) is 4.74 Å². The molecule has 0 aromatic rings. The van der Waals surface area contributed by atoms with Crippen LogP contribution >= 0.6 is 0 Å². The van der Waals surface area contributed by atoms with Crippen LogP contribution in [0.4, 0.5) is 0 Å². The first-order valence-electron chi connectivity index (χ1n) is 3.98. The van der Waals surface area contributed by atoms with E-state index in [2.05, 4.69) is 11.6 Å². The molecule has 72 valence electrons. The maximum Gasteiger partial charge on any atom is 0.235 e. The van der Waals surface area contributed by atoms with Crippen molar-refractivity contribution in [2.45, 2.75) is 20.0 Å². The second-order valence-corrected chi connectivity index (χ2v) is 2.52. The number of nitrogens with zero attached hydrogens (tertiary/aromatic N) is 1. The van der Waals surface area contributed by atoms with Crippen molar-refractivity contribution in [3.63, 3.8) is 0 Å². The lowest BCUT2D eigenvalue weighted by Crippen LogP contribution is -2.27. The molecule has 0 radical (unpaired) electrons. The molecule has 0 aliphatic carbocycles. The number of aliphatic imine (C=N–C) groups is 1. The summed E-state index contributed by atoms with van der Waals surface area (Å²) in [7, 11) is 0. The Balaban J connectivity index is 4.30. The summed E-state index contributed by atoms with van der Waals surface area (Å²) in [6.07, 6.45) is 0.673. The zero-order valence-corrected chi connectivity index (χ0v) is 7.87. The minimum Gasteiger partial charge on any atom is -0.368 e. The fourth-order valence-electron chi connectivity index (χ4n) is 0.807. The van der Waals surface area contributed by atoms with Crippen molar-refractivity contribution >= 4 is 11.9 Å². The monoisotopic (exact) mass is 183 g/mol. The van der Waals surface area contributed by atoms with E-state index in [-0.39, 0.29) is 12.3 Å². The summed E-state index contributed by atoms with van der Waals surface area (Å²) in [5, 5.41) is 0. The van der Waals surface area contributed by atoms with Gasteiger partial charge in [-0.25, -0.2) is 9.79 Å². The van der Waals surface area contributed by atoms with Gasteiger partial charge >= 0.3 is 0 Å². The van der Waals surface area contributed by atoms with Crippen molar-refractivity contribution in [3.05, 3.63) is 12.2 Å². The fourth-order valence-corrected chi connectivity index (χ4v) is 0.807. The predicted molar refractivity (Wildman–Crippen MR) is 48.2 cm³/mol. The van der Waals surface area contributed by atoms with E-state index in [1.807, 2.05) is 0 Å². The molecule has 0 aromatic carbocycles. The Bertz CT molecular complexity index is 241. The third kappa shape index (κ3) is 4.35. The van der Waals surface area contributed by atoms with Crippen LogP contribution in [-0.2, 0) is 14.3 Å². The number of rotatable bonds is 6. The lowest BCUT2D eigenvalue weighted by atomic mass is 10.1. The number of ether oxygens (including phenoxy) is 1. The molecule has 0 aliphatic rings. The Labute approximate surface area is 77.3 Å². The Morgan fingerprint density at radius 3 is 2.69 bits per heavy atom. The summed E-state index contributed by atoms with van der Waals surface area (Å²) in [5.41, 5.74) is 0.402. The molecule has 0 rings (SSSR count). The van der Waals surface area contributed by atoms with E-state index < -0.39 is 6.10 Å². The third-order valence-electron chi connectivity index (χ3n) is 1.40. The maximum atomic E-state index is 11.3. The number of carbonyl (C=O) groups is 1. The molecule has 1 unspecified atom stereocenters. The van der Waals surface area contributed by atoms with Crippen molar-refractivity contribution in [2.75, 3.05) is 13.2 Å². The summed E-state index contributed by atoms with van der Waals surface area (Å²) in [6.45, 7) is 7.28. The Morgan fingerprint density at radius 1 is 1.69 bits per heavy atom. The van der Waals surface area contributed by atoms with Crippen LogP contribution in [0.5, 0.6) is 0 Å². The summed E-state index contributed by atoms with van der Waals surface area (Å²) in [6, 6.07) is 0. The number of hydrogen-bond acceptors (Lipinski definition) is 4. The van der Waals surface area contributed by atoms with Gasteiger partial charge in [-0.1, -0.05) is 6.58 Å². The van der Waals surface area contributed by atoms with Gasteiger partial charge in [0.15, 0.2) is 5.78 Å². The molecule has 0 amide bonds. The summed E-state index contributed by atoms with van der Waals surface area (Å²) >= 11 is 0. The lowest BCUT2D eigenvalue weighted by Gasteiger charge is -2.12. The largest absolute Gasteiger partial charge is 0.368 e. The molecule has 0 N–H and O–H groups in total. The van der Waals surface area contributed by atoms with Crippen molar-refractivity contribution in [2.24, 2.45) is 4.99 Å². The summed E-state index contributed by atoms with van der Waals surface area (Å²) in [4.78, 5) is 24.5. The van der Waals surface area contributed by atoms with E-state index >= 15 is 0 Å². The molecule has 0 heterocycles. The van der Waals surface area contributed by atoms with E-state index in [1.54, 1.807) is 13.8 Å². The van der Waals surface area contributed by atoms with Crippen LogP contribution in [0, 0.1) is 0 Å². The summed E-state index contributed by atoms with van der Waals surface area (Å²) < 4.78 is 5.08. The first-order valence-corrected chi connectivity index (χ1v) is 3.98. The van der Waals surface area contributed by atoms with Crippen LogP contribution in [0.25, 0.3) is 0 Å². The molecule has 4 nitrogen and oxygen atoms in total. The normalized spacial score (nSPS) is 11.5. The Hall–Kier alpha value is -1.25. The number of Topliss-reactive ketones (excluding diaryl/α,β-unsaturated/α-hetero) is 1. The van der Waals surface area contributed by atoms with E-state index in [1.165, 1.54) is 6.08 Å². The van der Waals surface area contributed by atoms with Crippen LogP contribution in [0.3, 0.4) is 0 Å². The van der Waals surface area contributed by atoms with Gasteiger partial charge in [-0.3, -0.25) is 4.79 Å². The topological polar surface area (TPSA) is 55.7 Å². The summed E-state index contributed by atoms with van der Waals surface area (Å²) in [5.74, 6) is -0.221.